The molecule has 0 saturated heterocycles. The second-order valence-corrected chi connectivity index (χ2v) is 13.1. The molecule has 3 aromatic rings. The summed E-state index contributed by atoms with van der Waals surface area (Å²) in [7, 11) is 0. The number of rotatable bonds is 8. The fourth-order valence-corrected chi connectivity index (χ4v) is 8.55. The summed E-state index contributed by atoms with van der Waals surface area (Å²) in [6, 6.07) is 2.71. The van der Waals surface area contributed by atoms with Crippen LogP contribution in [0.15, 0.2) is 24.5 Å². The molecule has 36 heavy (non-hydrogen) atoms. The van der Waals surface area contributed by atoms with E-state index in [-0.39, 0.29) is 11.6 Å². The molecule has 2 heterocycles. The Morgan fingerprint density at radius 3 is 1.42 bits per heavy atom. The van der Waals surface area contributed by atoms with Gasteiger partial charge in [0.15, 0.2) is 0 Å². The van der Waals surface area contributed by atoms with Crippen LogP contribution in [-0.2, 0) is 0 Å². The molecule has 194 valence electrons. The van der Waals surface area contributed by atoms with E-state index in [2.05, 4.69) is 23.8 Å². The third-order valence-corrected chi connectivity index (χ3v) is 10.8. The Morgan fingerprint density at radius 2 is 1.06 bits per heavy atom. The molecule has 2 aliphatic rings. The lowest BCUT2D eigenvalue weighted by atomic mass is 9.80. The molecule has 0 aliphatic heterocycles. The van der Waals surface area contributed by atoms with E-state index in [0.717, 1.165) is 57.3 Å². The van der Waals surface area contributed by atoms with Gasteiger partial charge in [-0.05, 0) is 75.3 Å². The Bertz CT molecular complexity index is 1050. The summed E-state index contributed by atoms with van der Waals surface area (Å²) in [4.78, 5) is 10.7. The van der Waals surface area contributed by atoms with Crippen LogP contribution in [-0.4, -0.2) is 9.97 Å². The van der Waals surface area contributed by atoms with Gasteiger partial charge in [0.05, 0.1) is 19.8 Å². The van der Waals surface area contributed by atoms with E-state index >= 15 is 8.78 Å². The zero-order valence-electron chi connectivity index (χ0n) is 21.6. The van der Waals surface area contributed by atoms with E-state index in [1.165, 1.54) is 86.2 Å². The van der Waals surface area contributed by atoms with E-state index < -0.39 is 0 Å². The molecule has 6 heteroatoms. The Hall–Kier alpha value is -1.66. The molecule has 2 aromatic heterocycles. The fourth-order valence-electron chi connectivity index (χ4n) is 6.34. The van der Waals surface area contributed by atoms with Crippen LogP contribution < -0.4 is 0 Å². The minimum Gasteiger partial charge on any atom is -0.249 e. The van der Waals surface area contributed by atoms with Crippen molar-refractivity contribution in [1.29, 1.82) is 0 Å². The van der Waals surface area contributed by atoms with Crippen LogP contribution in [0.4, 0.5) is 8.78 Å². The summed E-state index contributed by atoms with van der Waals surface area (Å²) in [5.41, 5.74) is 0.636. The highest BCUT2D eigenvalue weighted by Crippen LogP contribution is 2.43. The number of halogens is 2. The molecule has 2 aliphatic carbocycles. The van der Waals surface area contributed by atoms with Crippen molar-refractivity contribution in [2.45, 2.75) is 103 Å². The number of hydrogen-bond donors (Lipinski definition) is 0. The summed E-state index contributed by atoms with van der Waals surface area (Å²) in [6.45, 7) is 4.51. The van der Waals surface area contributed by atoms with Crippen molar-refractivity contribution in [3.63, 3.8) is 0 Å². The first-order chi connectivity index (χ1) is 17.6. The third kappa shape index (κ3) is 5.75. The number of aromatic nitrogens is 2. The van der Waals surface area contributed by atoms with Gasteiger partial charge >= 0.3 is 0 Å². The van der Waals surface area contributed by atoms with Crippen molar-refractivity contribution in [2.24, 2.45) is 11.8 Å². The van der Waals surface area contributed by atoms with Crippen molar-refractivity contribution in [3.05, 3.63) is 46.2 Å². The van der Waals surface area contributed by atoms with Gasteiger partial charge in [-0.2, -0.15) is 0 Å². The van der Waals surface area contributed by atoms with Crippen LogP contribution in [0, 0.1) is 23.5 Å². The second-order valence-electron chi connectivity index (χ2n) is 11.0. The average Bonchev–Trinajstić information content (AvgIpc) is 3.57. The second kappa shape index (κ2) is 11.8. The van der Waals surface area contributed by atoms with Gasteiger partial charge in [0, 0.05) is 35.4 Å². The smallest absolute Gasteiger partial charge is 0.132 e. The molecule has 2 saturated carbocycles. The van der Waals surface area contributed by atoms with E-state index in [4.69, 9.17) is 0 Å². The van der Waals surface area contributed by atoms with E-state index in [0.29, 0.717) is 23.0 Å². The minimum atomic E-state index is -0.386. The molecule has 0 unspecified atom stereocenters. The highest BCUT2D eigenvalue weighted by atomic mass is 32.1. The van der Waals surface area contributed by atoms with Crippen LogP contribution >= 0.6 is 22.7 Å². The summed E-state index contributed by atoms with van der Waals surface area (Å²) in [5, 5.41) is 2.15. The predicted octanol–water partition coefficient (Wildman–Crippen LogP) is 10.4. The first-order valence-electron chi connectivity index (χ1n) is 14.0. The van der Waals surface area contributed by atoms with Gasteiger partial charge in [-0.25, -0.2) is 18.7 Å². The minimum absolute atomic E-state index is 0.318. The molecule has 0 radical (unpaired) electrons. The molecular formula is C30H38F2N2S2. The summed E-state index contributed by atoms with van der Waals surface area (Å²) < 4.78 is 30.5. The summed E-state index contributed by atoms with van der Waals surface area (Å²) in [5.74, 6) is 1.82. The van der Waals surface area contributed by atoms with Gasteiger partial charge in [0.1, 0.15) is 11.6 Å². The molecule has 5 rings (SSSR count). The molecule has 0 amide bonds. The summed E-state index contributed by atoms with van der Waals surface area (Å²) in [6.07, 6.45) is 18.2. The number of nitrogens with zero attached hydrogens (tertiary/aromatic N) is 2. The molecule has 0 atom stereocenters. The molecule has 0 bridgehead atoms. The Morgan fingerprint density at radius 1 is 0.667 bits per heavy atom. The Balaban J connectivity index is 1.28. The standard InChI is InChI=1S/C30H38F2N2S2/c1-3-5-19-7-11-21(12-8-19)29-33-17-27(35-29)23-15-26(32)24(16-25(23)31)28-18-34-30(36-28)22-13-9-20(6-4-2)10-14-22/h15-22H,3-14H2,1-2H3. The van der Waals surface area contributed by atoms with Crippen LogP contribution in [0.1, 0.15) is 113 Å². The molecule has 2 fully saturated rings. The monoisotopic (exact) mass is 528 g/mol. The zero-order valence-corrected chi connectivity index (χ0v) is 23.2. The lowest BCUT2D eigenvalue weighted by molar-refractivity contribution is 0.308. The number of hydrogen-bond acceptors (Lipinski definition) is 4. The van der Waals surface area contributed by atoms with Crippen LogP contribution in [0.3, 0.4) is 0 Å². The lowest BCUT2D eigenvalue weighted by Gasteiger charge is -2.26. The SMILES string of the molecule is CCCC1CCC(c2ncc(-c3cc(F)c(-c4cnc(C5CCC(CCC)CC5)s4)cc3F)s2)CC1. The van der Waals surface area contributed by atoms with Gasteiger partial charge < -0.3 is 0 Å². The van der Waals surface area contributed by atoms with Crippen molar-refractivity contribution >= 4 is 22.7 Å². The Kier molecular flexibility index (Phi) is 8.52. The first-order valence-corrected chi connectivity index (χ1v) is 15.6. The first kappa shape index (κ1) is 26.0. The number of benzene rings is 1. The van der Waals surface area contributed by atoms with Crippen LogP contribution in [0.25, 0.3) is 20.9 Å². The number of thiazole rings is 2. The maximum absolute atomic E-state index is 15.3. The van der Waals surface area contributed by atoms with Gasteiger partial charge in [0.2, 0.25) is 0 Å². The fraction of sp³-hybridized carbons (Fsp3) is 0.600. The van der Waals surface area contributed by atoms with Crippen LogP contribution in [0.5, 0.6) is 0 Å². The quantitative estimate of drug-likeness (QED) is 0.291. The van der Waals surface area contributed by atoms with Crippen molar-refractivity contribution in [2.75, 3.05) is 0 Å². The highest BCUT2D eigenvalue weighted by Gasteiger charge is 2.26. The molecule has 2 nitrogen and oxygen atoms in total. The molecule has 1 aromatic carbocycles. The largest absolute Gasteiger partial charge is 0.249 e. The van der Waals surface area contributed by atoms with Crippen molar-refractivity contribution in [3.8, 4) is 20.9 Å². The van der Waals surface area contributed by atoms with Gasteiger partial charge in [-0.15, -0.1) is 22.7 Å². The van der Waals surface area contributed by atoms with Gasteiger partial charge in [0.25, 0.3) is 0 Å². The van der Waals surface area contributed by atoms with Gasteiger partial charge in [-0.3, -0.25) is 0 Å². The van der Waals surface area contributed by atoms with Crippen molar-refractivity contribution < 1.29 is 8.78 Å². The molecule has 0 N–H and O–H groups in total. The van der Waals surface area contributed by atoms with Gasteiger partial charge in [-0.1, -0.05) is 39.5 Å². The topological polar surface area (TPSA) is 25.8 Å². The zero-order chi connectivity index (χ0) is 25.1. The van der Waals surface area contributed by atoms with E-state index in [1.54, 1.807) is 12.4 Å². The highest BCUT2D eigenvalue weighted by molar-refractivity contribution is 7.15. The normalized spacial score (nSPS) is 24.8. The molecule has 0 spiro atoms. The maximum Gasteiger partial charge on any atom is 0.132 e. The predicted molar refractivity (Wildman–Crippen MR) is 148 cm³/mol. The average molecular weight is 529 g/mol. The van der Waals surface area contributed by atoms with E-state index in [9.17, 15) is 0 Å². The van der Waals surface area contributed by atoms with Crippen LogP contribution in [0.2, 0.25) is 0 Å². The lowest BCUT2D eigenvalue weighted by Crippen LogP contribution is -2.12. The Labute approximate surface area is 222 Å². The third-order valence-electron chi connectivity index (χ3n) is 8.42. The summed E-state index contributed by atoms with van der Waals surface area (Å²) >= 11 is 3.06. The van der Waals surface area contributed by atoms with Crippen molar-refractivity contribution in [1.82, 2.24) is 9.97 Å². The molecular weight excluding hydrogens is 490 g/mol. The maximum atomic E-state index is 15.3. The van der Waals surface area contributed by atoms with E-state index in [1.807, 2.05) is 0 Å².